The number of rotatable bonds is 3. The summed E-state index contributed by atoms with van der Waals surface area (Å²) >= 11 is 0. The molecule has 0 unspecified atom stereocenters. The Morgan fingerprint density at radius 2 is 1.89 bits per heavy atom. The number of hydrogen-bond acceptors (Lipinski definition) is 4. The average Bonchev–Trinajstić information content (AvgIpc) is 2.81. The van der Waals surface area contributed by atoms with Crippen LogP contribution in [0.4, 0.5) is 5.95 Å². The molecule has 0 aliphatic carbocycles. The Morgan fingerprint density at radius 1 is 1.11 bits per heavy atom. The molecular weight excluding hydrogens is 238 g/mol. The van der Waals surface area contributed by atoms with Crippen molar-refractivity contribution in [2.24, 2.45) is 7.05 Å². The highest BCUT2D eigenvalue weighted by Crippen LogP contribution is 2.22. The van der Waals surface area contributed by atoms with Gasteiger partial charge in [-0.3, -0.25) is 0 Å². The van der Waals surface area contributed by atoms with Crippen LogP contribution >= 0.6 is 0 Å². The van der Waals surface area contributed by atoms with Crippen LogP contribution in [-0.2, 0) is 7.05 Å². The van der Waals surface area contributed by atoms with Gasteiger partial charge >= 0.3 is 0 Å². The van der Waals surface area contributed by atoms with Crippen molar-refractivity contribution in [3.63, 3.8) is 0 Å². The maximum Gasteiger partial charge on any atom is 0.222 e. The smallest absolute Gasteiger partial charge is 0.222 e. The van der Waals surface area contributed by atoms with Crippen molar-refractivity contribution in [2.75, 3.05) is 11.9 Å². The number of hydrogen-bond donors (Lipinski definition) is 1. The number of nitrogens with zero attached hydrogens (tertiary/aromatic N) is 4. The lowest BCUT2D eigenvalue weighted by Gasteiger charge is -2.04. The number of aryl methyl sites for hydroxylation is 1. The molecule has 5 nitrogen and oxygen atoms in total. The van der Waals surface area contributed by atoms with Gasteiger partial charge in [0.15, 0.2) is 0 Å². The standard InChI is InChI=1S/C14H15N5/c1-3-15-14-16-7-11(8-17-14)10-4-5-13-12(6-10)18-9-19(13)2/h4-9H,3H2,1-2H3,(H,15,16,17). The van der Waals surface area contributed by atoms with Crippen LogP contribution in [0.1, 0.15) is 6.92 Å². The summed E-state index contributed by atoms with van der Waals surface area (Å²) in [6.07, 6.45) is 5.48. The van der Waals surface area contributed by atoms with Crippen LogP contribution in [0.3, 0.4) is 0 Å². The van der Waals surface area contributed by atoms with Crippen LogP contribution in [0.15, 0.2) is 36.9 Å². The molecule has 0 bridgehead atoms. The van der Waals surface area contributed by atoms with Gasteiger partial charge in [0.05, 0.1) is 17.4 Å². The molecule has 2 aromatic heterocycles. The molecule has 0 radical (unpaired) electrons. The van der Waals surface area contributed by atoms with Crippen LogP contribution in [0, 0.1) is 0 Å². The molecule has 0 aliphatic rings. The quantitative estimate of drug-likeness (QED) is 0.779. The van der Waals surface area contributed by atoms with Gasteiger partial charge in [-0.2, -0.15) is 0 Å². The second-order valence-electron chi connectivity index (χ2n) is 4.38. The van der Waals surface area contributed by atoms with Crippen molar-refractivity contribution in [1.29, 1.82) is 0 Å². The molecule has 19 heavy (non-hydrogen) atoms. The van der Waals surface area contributed by atoms with Gasteiger partial charge in [-0.05, 0) is 24.6 Å². The van der Waals surface area contributed by atoms with E-state index < -0.39 is 0 Å². The molecule has 0 amide bonds. The molecule has 0 fully saturated rings. The summed E-state index contributed by atoms with van der Waals surface area (Å²) in [4.78, 5) is 12.9. The molecule has 0 aliphatic heterocycles. The second-order valence-corrected chi connectivity index (χ2v) is 4.38. The fraction of sp³-hybridized carbons (Fsp3) is 0.214. The van der Waals surface area contributed by atoms with Crippen molar-refractivity contribution in [1.82, 2.24) is 19.5 Å². The Bertz CT molecular complexity index is 699. The van der Waals surface area contributed by atoms with E-state index in [1.807, 2.05) is 37.3 Å². The molecule has 96 valence electrons. The van der Waals surface area contributed by atoms with Crippen molar-refractivity contribution in [2.45, 2.75) is 6.92 Å². The third-order valence-corrected chi connectivity index (χ3v) is 3.05. The largest absolute Gasteiger partial charge is 0.355 e. The summed E-state index contributed by atoms with van der Waals surface area (Å²) in [6.45, 7) is 2.84. The van der Waals surface area contributed by atoms with Crippen LogP contribution in [0.2, 0.25) is 0 Å². The summed E-state index contributed by atoms with van der Waals surface area (Å²) in [5.41, 5.74) is 4.17. The molecule has 1 aromatic carbocycles. The molecule has 3 aromatic rings. The van der Waals surface area contributed by atoms with E-state index in [-0.39, 0.29) is 0 Å². The molecule has 2 heterocycles. The van der Waals surface area contributed by atoms with Crippen LogP contribution in [-0.4, -0.2) is 26.1 Å². The van der Waals surface area contributed by atoms with E-state index in [4.69, 9.17) is 0 Å². The molecular formula is C14H15N5. The maximum absolute atomic E-state index is 4.36. The van der Waals surface area contributed by atoms with E-state index in [2.05, 4.69) is 38.5 Å². The Kier molecular flexibility index (Phi) is 2.87. The topological polar surface area (TPSA) is 55.6 Å². The van der Waals surface area contributed by atoms with Crippen molar-refractivity contribution in [3.05, 3.63) is 36.9 Å². The van der Waals surface area contributed by atoms with Crippen LogP contribution < -0.4 is 5.32 Å². The molecule has 0 saturated heterocycles. The summed E-state index contributed by atoms with van der Waals surface area (Å²) < 4.78 is 2.00. The Morgan fingerprint density at radius 3 is 2.63 bits per heavy atom. The summed E-state index contributed by atoms with van der Waals surface area (Å²) in [5, 5.41) is 3.08. The molecule has 0 saturated carbocycles. The molecule has 3 rings (SSSR count). The van der Waals surface area contributed by atoms with Crippen molar-refractivity contribution < 1.29 is 0 Å². The summed E-state index contributed by atoms with van der Waals surface area (Å²) in [7, 11) is 1.99. The minimum Gasteiger partial charge on any atom is -0.355 e. The van der Waals surface area contributed by atoms with E-state index in [9.17, 15) is 0 Å². The zero-order chi connectivity index (χ0) is 13.2. The van der Waals surface area contributed by atoms with E-state index in [0.29, 0.717) is 5.95 Å². The van der Waals surface area contributed by atoms with E-state index >= 15 is 0 Å². The predicted molar refractivity (Wildman–Crippen MR) is 75.9 cm³/mol. The minimum absolute atomic E-state index is 0.658. The van der Waals surface area contributed by atoms with Crippen molar-refractivity contribution >= 4 is 17.0 Å². The normalized spacial score (nSPS) is 10.8. The zero-order valence-electron chi connectivity index (χ0n) is 11.0. The third-order valence-electron chi connectivity index (χ3n) is 3.05. The van der Waals surface area contributed by atoms with Gasteiger partial charge in [0.25, 0.3) is 0 Å². The number of nitrogens with one attached hydrogen (secondary N) is 1. The highest BCUT2D eigenvalue weighted by Gasteiger charge is 2.04. The van der Waals surface area contributed by atoms with E-state index in [1.165, 1.54) is 0 Å². The van der Waals surface area contributed by atoms with Gasteiger partial charge in [-0.15, -0.1) is 0 Å². The van der Waals surface area contributed by atoms with Crippen molar-refractivity contribution in [3.8, 4) is 11.1 Å². The highest BCUT2D eigenvalue weighted by molar-refractivity contribution is 5.81. The lowest BCUT2D eigenvalue weighted by molar-refractivity contribution is 0.948. The molecule has 5 heteroatoms. The summed E-state index contributed by atoms with van der Waals surface area (Å²) in [6, 6.07) is 6.19. The number of aromatic nitrogens is 4. The van der Waals surface area contributed by atoms with Gasteiger partial charge in [0.1, 0.15) is 0 Å². The first-order chi connectivity index (χ1) is 9.28. The SMILES string of the molecule is CCNc1ncc(-c2ccc3c(c2)ncn3C)cn1. The zero-order valence-corrected chi connectivity index (χ0v) is 11.0. The maximum atomic E-state index is 4.36. The number of imidazole rings is 1. The van der Waals surface area contributed by atoms with Gasteiger partial charge in [0.2, 0.25) is 5.95 Å². The second kappa shape index (κ2) is 4.68. The lowest BCUT2D eigenvalue weighted by atomic mass is 10.1. The minimum atomic E-state index is 0.658. The molecule has 0 spiro atoms. The third kappa shape index (κ3) is 2.14. The van der Waals surface area contributed by atoms with Gasteiger partial charge < -0.3 is 9.88 Å². The number of benzene rings is 1. The summed E-state index contributed by atoms with van der Waals surface area (Å²) in [5.74, 6) is 0.658. The molecule has 1 N–H and O–H groups in total. The van der Waals surface area contributed by atoms with Gasteiger partial charge in [0, 0.05) is 31.5 Å². The van der Waals surface area contributed by atoms with Gasteiger partial charge in [-0.1, -0.05) is 6.07 Å². The van der Waals surface area contributed by atoms with Crippen LogP contribution in [0.25, 0.3) is 22.2 Å². The Labute approximate surface area is 111 Å². The Balaban J connectivity index is 1.98. The fourth-order valence-corrected chi connectivity index (χ4v) is 2.04. The van der Waals surface area contributed by atoms with E-state index in [0.717, 1.165) is 28.7 Å². The first-order valence-electron chi connectivity index (χ1n) is 6.25. The average molecular weight is 253 g/mol. The number of anilines is 1. The monoisotopic (exact) mass is 253 g/mol. The first kappa shape index (κ1) is 11.6. The molecule has 0 atom stereocenters. The van der Waals surface area contributed by atoms with E-state index in [1.54, 1.807) is 0 Å². The highest BCUT2D eigenvalue weighted by atomic mass is 15.1. The van der Waals surface area contributed by atoms with Crippen LogP contribution in [0.5, 0.6) is 0 Å². The Hall–Kier alpha value is -2.43. The fourth-order valence-electron chi connectivity index (χ4n) is 2.04. The predicted octanol–water partition coefficient (Wildman–Crippen LogP) is 2.46. The first-order valence-corrected chi connectivity index (χ1v) is 6.25. The van der Waals surface area contributed by atoms with Gasteiger partial charge in [-0.25, -0.2) is 15.0 Å². The lowest BCUT2D eigenvalue weighted by Crippen LogP contribution is -2.01. The number of fused-ring (bicyclic) bond motifs is 1.